The fraction of sp³-hybridized carbons (Fsp3) is 0.333. The van der Waals surface area contributed by atoms with Crippen molar-refractivity contribution in [2.45, 2.75) is 25.0 Å². The van der Waals surface area contributed by atoms with Gasteiger partial charge in [-0.3, -0.25) is 0 Å². The van der Waals surface area contributed by atoms with Crippen molar-refractivity contribution in [2.75, 3.05) is 6.54 Å². The summed E-state index contributed by atoms with van der Waals surface area (Å²) in [4.78, 5) is 0. The lowest BCUT2D eigenvalue weighted by Gasteiger charge is -2.17. The molecule has 2 nitrogen and oxygen atoms in total. The van der Waals surface area contributed by atoms with Gasteiger partial charge in [0.25, 0.3) is 0 Å². The number of benzene rings is 1. The Bertz CT molecular complexity index is 555. The van der Waals surface area contributed by atoms with Gasteiger partial charge in [0.1, 0.15) is 5.82 Å². The minimum absolute atomic E-state index is 0.111. The van der Waals surface area contributed by atoms with E-state index in [9.17, 15) is 9.50 Å². The maximum atomic E-state index is 13.6. The van der Waals surface area contributed by atoms with Crippen molar-refractivity contribution in [3.63, 3.8) is 0 Å². The van der Waals surface area contributed by atoms with Gasteiger partial charge in [-0.2, -0.15) is 11.3 Å². The van der Waals surface area contributed by atoms with Crippen LogP contribution in [0.15, 0.2) is 35.0 Å². The quantitative estimate of drug-likeness (QED) is 0.899. The second kappa shape index (κ2) is 5.41. The molecule has 0 saturated heterocycles. The van der Waals surface area contributed by atoms with Crippen LogP contribution in [0.1, 0.15) is 35.3 Å². The van der Waals surface area contributed by atoms with Gasteiger partial charge in [0.15, 0.2) is 0 Å². The van der Waals surface area contributed by atoms with Gasteiger partial charge < -0.3 is 10.4 Å². The highest BCUT2D eigenvalue weighted by molar-refractivity contribution is 7.07. The Hall–Kier alpha value is -1.23. The lowest BCUT2D eigenvalue weighted by Crippen LogP contribution is -2.25. The van der Waals surface area contributed by atoms with Crippen LogP contribution in [0.4, 0.5) is 4.39 Å². The molecule has 2 N–H and O–H groups in total. The fourth-order valence-electron chi connectivity index (χ4n) is 2.66. The van der Waals surface area contributed by atoms with Gasteiger partial charge in [-0.15, -0.1) is 0 Å². The van der Waals surface area contributed by atoms with E-state index >= 15 is 0 Å². The first kappa shape index (κ1) is 12.8. The molecule has 2 aromatic rings. The molecule has 0 spiro atoms. The van der Waals surface area contributed by atoms with E-state index in [1.165, 1.54) is 6.07 Å². The van der Waals surface area contributed by atoms with Gasteiger partial charge in [-0.25, -0.2) is 4.39 Å². The van der Waals surface area contributed by atoms with Crippen LogP contribution in [0, 0.1) is 5.82 Å². The Morgan fingerprint density at radius 2 is 2.32 bits per heavy atom. The van der Waals surface area contributed by atoms with E-state index in [1.807, 2.05) is 22.9 Å². The van der Waals surface area contributed by atoms with Crippen molar-refractivity contribution in [3.8, 4) is 0 Å². The fourth-order valence-corrected chi connectivity index (χ4v) is 3.37. The summed E-state index contributed by atoms with van der Waals surface area (Å²) in [6.45, 7) is 0.497. The molecular weight excluding hydrogens is 261 g/mol. The second-order valence-corrected chi connectivity index (χ2v) is 5.66. The molecule has 1 aliphatic carbocycles. The molecule has 19 heavy (non-hydrogen) atoms. The number of nitrogens with one attached hydrogen (secondary N) is 1. The molecule has 0 aliphatic heterocycles. The summed E-state index contributed by atoms with van der Waals surface area (Å²) < 4.78 is 13.6. The standard InChI is InChI=1S/C15H16FNOS/c16-13-3-1-2-12-11(13)4-5-14(12)17-8-15(18)10-6-7-19-9-10/h1-3,6-7,9,14-15,17-18H,4-5,8H2. The van der Waals surface area contributed by atoms with E-state index in [0.29, 0.717) is 6.54 Å². The highest BCUT2D eigenvalue weighted by atomic mass is 32.1. The smallest absolute Gasteiger partial charge is 0.126 e. The molecule has 1 heterocycles. The van der Waals surface area contributed by atoms with E-state index in [-0.39, 0.29) is 11.9 Å². The zero-order valence-electron chi connectivity index (χ0n) is 10.5. The Morgan fingerprint density at radius 3 is 3.11 bits per heavy atom. The number of fused-ring (bicyclic) bond motifs is 1. The highest BCUT2D eigenvalue weighted by Gasteiger charge is 2.24. The summed E-state index contributed by atoms with van der Waals surface area (Å²) in [5.41, 5.74) is 2.80. The van der Waals surface area contributed by atoms with Crippen LogP contribution in [0.3, 0.4) is 0 Å². The predicted octanol–water partition coefficient (Wildman–Crippen LogP) is 3.20. The summed E-state index contributed by atoms with van der Waals surface area (Å²) in [7, 11) is 0. The molecule has 1 aromatic heterocycles. The van der Waals surface area contributed by atoms with Gasteiger partial charge >= 0.3 is 0 Å². The van der Waals surface area contributed by atoms with Crippen molar-refractivity contribution >= 4 is 11.3 Å². The van der Waals surface area contributed by atoms with Gasteiger partial charge in [-0.05, 0) is 52.4 Å². The largest absolute Gasteiger partial charge is 0.387 e. The van der Waals surface area contributed by atoms with Crippen LogP contribution >= 0.6 is 11.3 Å². The summed E-state index contributed by atoms with van der Waals surface area (Å²) in [6, 6.07) is 7.32. The molecule has 2 unspecified atom stereocenters. The minimum atomic E-state index is -0.496. The zero-order valence-corrected chi connectivity index (χ0v) is 11.3. The maximum Gasteiger partial charge on any atom is 0.126 e. The average Bonchev–Trinajstić information content (AvgIpc) is 3.06. The maximum absolute atomic E-state index is 13.6. The first-order valence-corrected chi connectivity index (χ1v) is 7.41. The first-order chi connectivity index (χ1) is 9.25. The summed E-state index contributed by atoms with van der Waals surface area (Å²) in [5.74, 6) is -0.111. The predicted molar refractivity (Wildman–Crippen MR) is 74.7 cm³/mol. The molecule has 0 radical (unpaired) electrons. The van der Waals surface area contributed by atoms with Gasteiger partial charge in [0.2, 0.25) is 0 Å². The Kier molecular flexibility index (Phi) is 3.64. The van der Waals surface area contributed by atoms with Gasteiger partial charge in [0, 0.05) is 12.6 Å². The van der Waals surface area contributed by atoms with Gasteiger partial charge in [0.05, 0.1) is 6.10 Å². The molecule has 0 saturated carbocycles. The normalized spacial score (nSPS) is 19.4. The lowest BCUT2D eigenvalue weighted by molar-refractivity contribution is 0.170. The number of rotatable bonds is 4. The minimum Gasteiger partial charge on any atom is -0.387 e. The zero-order chi connectivity index (χ0) is 13.2. The van der Waals surface area contributed by atoms with Crippen LogP contribution < -0.4 is 5.32 Å². The topological polar surface area (TPSA) is 32.3 Å². The number of hydrogen-bond acceptors (Lipinski definition) is 3. The number of aliphatic hydroxyl groups excluding tert-OH is 1. The van der Waals surface area contributed by atoms with Crippen molar-refractivity contribution in [2.24, 2.45) is 0 Å². The number of thiophene rings is 1. The number of aliphatic hydroxyl groups is 1. The molecule has 1 aromatic carbocycles. The molecule has 0 fully saturated rings. The molecule has 4 heteroatoms. The highest BCUT2D eigenvalue weighted by Crippen LogP contribution is 2.32. The van der Waals surface area contributed by atoms with Crippen LogP contribution in [-0.2, 0) is 6.42 Å². The third-order valence-electron chi connectivity index (χ3n) is 3.70. The third kappa shape index (κ3) is 2.56. The van der Waals surface area contributed by atoms with Crippen LogP contribution in [0.5, 0.6) is 0 Å². The van der Waals surface area contributed by atoms with Gasteiger partial charge in [-0.1, -0.05) is 12.1 Å². The monoisotopic (exact) mass is 277 g/mol. The molecule has 1 aliphatic rings. The van der Waals surface area contributed by atoms with E-state index in [2.05, 4.69) is 5.32 Å². The Balaban J connectivity index is 1.66. The van der Waals surface area contributed by atoms with Crippen molar-refractivity contribution < 1.29 is 9.50 Å². The summed E-state index contributed by atoms with van der Waals surface area (Å²) in [6.07, 6.45) is 1.17. The van der Waals surface area contributed by atoms with E-state index in [0.717, 1.165) is 29.5 Å². The first-order valence-electron chi connectivity index (χ1n) is 6.46. The van der Waals surface area contributed by atoms with Crippen LogP contribution in [0.2, 0.25) is 0 Å². The number of hydrogen-bond donors (Lipinski definition) is 2. The Morgan fingerprint density at radius 1 is 1.42 bits per heavy atom. The van der Waals surface area contributed by atoms with E-state index in [4.69, 9.17) is 0 Å². The number of halogens is 1. The van der Waals surface area contributed by atoms with Crippen LogP contribution in [-0.4, -0.2) is 11.7 Å². The molecule has 100 valence electrons. The summed E-state index contributed by atoms with van der Waals surface area (Å²) >= 11 is 1.58. The van der Waals surface area contributed by atoms with Crippen molar-refractivity contribution in [1.29, 1.82) is 0 Å². The van der Waals surface area contributed by atoms with Crippen LogP contribution in [0.25, 0.3) is 0 Å². The van der Waals surface area contributed by atoms with E-state index < -0.39 is 6.10 Å². The molecular formula is C15H16FNOS. The molecule has 0 bridgehead atoms. The van der Waals surface area contributed by atoms with Crippen molar-refractivity contribution in [1.82, 2.24) is 5.32 Å². The third-order valence-corrected chi connectivity index (χ3v) is 4.40. The lowest BCUT2D eigenvalue weighted by atomic mass is 10.1. The summed E-state index contributed by atoms with van der Waals surface area (Å²) in [5, 5.41) is 17.3. The Labute approximate surface area is 115 Å². The molecule has 2 atom stereocenters. The average molecular weight is 277 g/mol. The SMILES string of the molecule is OC(CNC1CCc2c(F)cccc21)c1ccsc1. The molecule has 3 rings (SSSR count). The second-order valence-electron chi connectivity index (χ2n) is 4.88. The molecule has 0 amide bonds. The van der Waals surface area contributed by atoms with Crippen molar-refractivity contribution in [3.05, 3.63) is 57.5 Å². The van der Waals surface area contributed by atoms with E-state index in [1.54, 1.807) is 17.4 Å².